The summed E-state index contributed by atoms with van der Waals surface area (Å²) in [7, 11) is 0. The summed E-state index contributed by atoms with van der Waals surface area (Å²) in [4.78, 5) is 14.5. The Morgan fingerprint density at radius 1 is 1.11 bits per heavy atom. The number of rotatable bonds is 5. The highest BCUT2D eigenvalue weighted by atomic mass is 16.1. The molecule has 0 bridgehead atoms. The molecule has 110 valence electrons. The minimum absolute atomic E-state index is 0.103. The van der Waals surface area contributed by atoms with Gasteiger partial charge in [-0.05, 0) is 58.5 Å². The van der Waals surface area contributed by atoms with E-state index in [2.05, 4.69) is 24.1 Å². The van der Waals surface area contributed by atoms with Crippen LogP contribution in [0.1, 0.15) is 65.2 Å². The highest BCUT2D eigenvalue weighted by Crippen LogP contribution is 2.27. The minimum atomic E-state index is 0.103. The van der Waals surface area contributed by atoms with E-state index in [1.807, 2.05) is 0 Å². The van der Waals surface area contributed by atoms with Gasteiger partial charge in [-0.25, -0.2) is 0 Å². The molecule has 3 nitrogen and oxygen atoms in total. The second kappa shape index (κ2) is 6.74. The molecule has 1 aliphatic heterocycles. The standard InChI is InChI=1S/C16H30N2O/c1-16(2,18-10-6-3-7-11-18)13-17-15(19)12-14-8-4-5-9-14/h14H,3-13H2,1-2H3,(H,17,19). The summed E-state index contributed by atoms with van der Waals surface area (Å²) >= 11 is 0. The van der Waals surface area contributed by atoms with Crippen LogP contribution in [0.5, 0.6) is 0 Å². The minimum Gasteiger partial charge on any atom is -0.354 e. The molecule has 1 saturated heterocycles. The van der Waals surface area contributed by atoms with Crippen molar-refractivity contribution in [2.24, 2.45) is 5.92 Å². The van der Waals surface area contributed by atoms with Gasteiger partial charge in [-0.3, -0.25) is 9.69 Å². The number of nitrogens with one attached hydrogen (secondary N) is 1. The number of carbonyl (C=O) groups is 1. The molecule has 1 N–H and O–H groups in total. The molecule has 3 heteroatoms. The number of hydrogen-bond donors (Lipinski definition) is 1. The zero-order valence-corrected chi connectivity index (χ0v) is 12.7. The van der Waals surface area contributed by atoms with E-state index in [0.717, 1.165) is 13.0 Å². The molecule has 2 fully saturated rings. The first-order chi connectivity index (χ1) is 9.08. The second-order valence-electron chi connectivity index (χ2n) is 6.99. The van der Waals surface area contributed by atoms with Gasteiger partial charge < -0.3 is 5.32 Å². The topological polar surface area (TPSA) is 32.3 Å². The van der Waals surface area contributed by atoms with E-state index in [1.165, 1.54) is 58.0 Å². The Hall–Kier alpha value is -0.570. The summed E-state index contributed by atoms with van der Waals surface area (Å²) in [5.41, 5.74) is 0.103. The third kappa shape index (κ3) is 4.48. The third-order valence-electron chi connectivity index (χ3n) is 4.88. The average molecular weight is 266 g/mol. The largest absolute Gasteiger partial charge is 0.354 e. The molecule has 0 aromatic heterocycles. The lowest BCUT2D eigenvalue weighted by Gasteiger charge is -2.41. The van der Waals surface area contributed by atoms with Gasteiger partial charge in [-0.2, -0.15) is 0 Å². The molecular weight excluding hydrogens is 236 g/mol. The number of carbonyl (C=O) groups excluding carboxylic acids is 1. The fourth-order valence-electron chi connectivity index (χ4n) is 3.47. The van der Waals surface area contributed by atoms with Crippen LogP contribution in [-0.4, -0.2) is 36.0 Å². The van der Waals surface area contributed by atoms with E-state index in [-0.39, 0.29) is 11.4 Å². The molecule has 0 atom stereocenters. The van der Waals surface area contributed by atoms with Crippen molar-refractivity contribution in [3.05, 3.63) is 0 Å². The second-order valence-corrected chi connectivity index (χ2v) is 6.99. The van der Waals surface area contributed by atoms with E-state index in [9.17, 15) is 4.79 Å². The first-order valence-electron chi connectivity index (χ1n) is 8.10. The molecule has 2 aliphatic rings. The quantitative estimate of drug-likeness (QED) is 0.830. The summed E-state index contributed by atoms with van der Waals surface area (Å²) in [6.45, 7) is 7.68. The Kier molecular flexibility index (Phi) is 5.26. The Balaban J connectivity index is 1.71. The van der Waals surface area contributed by atoms with Crippen LogP contribution in [0, 0.1) is 5.92 Å². The number of amides is 1. The maximum Gasteiger partial charge on any atom is 0.220 e. The van der Waals surface area contributed by atoms with E-state index in [1.54, 1.807) is 0 Å². The van der Waals surface area contributed by atoms with Gasteiger partial charge in [0, 0.05) is 18.5 Å². The Morgan fingerprint density at radius 2 is 1.74 bits per heavy atom. The van der Waals surface area contributed by atoms with Crippen LogP contribution in [-0.2, 0) is 4.79 Å². The first kappa shape index (κ1) is 14.8. The molecule has 0 radical (unpaired) electrons. The SMILES string of the molecule is CC(C)(CNC(=O)CC1CCCC1)N1CCCCC1. The van der Waals surface area contributed by atoms with Crippen molar-refractivity contribution in [2.75, 3.05) is 19.6 Å². The summed E-state index contributed by atoms with van der Waals surface area (Å²) in [5.74, 6) is 0.912. The average Bonchev–Trinajstić information content (AvgIpc) is 2.90. The molecular formula is C16H30N2O. The van der Waals surface area contributed by atoms with Gasteiger partial charge in [0.05, 0.1) is 0 Å². The Labute approximate surface area is 118 Å². The van der Waals surface area contributed by atoms with Crippen molar-refractivity contribution in [2.45, 2.75) is 70.8 Å². The summed E-state index contributed by atoms with van der Waals surface area (Å²) in [6, 6.07) is 0. The molecule has 2 rings (SSSR count). The van der Waals surface area contributed by atoms with Gasteiger partial charge in [-0.15, -0.1) is 0 Å². The van der Waals surface area contributed by atoms with Gasteiger partial charge in [-0.1, -0.05) is 19.3 Å². The number of hydrogen-bond acceptors (Lipinski definition) is 2. The fourth-order valence-corrected chi connectivity index (χ4v) is 3.47. The zero-order valence-electron chi connectivity index (χ0n) is 12.7. The number of nitrogens with zero attached hydrogens (tertiary/aromatic N) is 1. The Morgan fingerprint density at radius 3 is 2.37 bits per heavy atom. The van der Waals surface area contributed by atoms with Gasteiger partial charge in [0.1, 0.15) is 0 Å². The summed E-state index contributed by atoms with van der Waals surface area (Å²) < 4.78 is 0. The van der Waals surface area contributed by atoms with Crippen molar-refractivity contribution >= 4 is 5.91 Å². The van der Waals surface area contributed by atoms with E-state index in [0.29, 0.717) is 5.92 Å². The molecule has 0 unspecified atom stereocenters. The predicted octanol–water partition coefficient (Wildman–Crippen LogP) is 2.95. The first-order valence-corrected chi connectivity index (χ1v) is 8.10. The van der Waals surface area contributed by atoms with Crippen LogP contribution >= 0.6 is 0 Å². The molecule has 19 heavy (non-hydrogen) atoms. The van der Waals surface area contributed by atoms with Gasteiger partial charge in [0.25, 0.3) is 0 Å². The van der Waals surface area contributed by atoms with Gasteiger partial charge in [0.15, 0.2) is 0 Å². The molecule has 0 aromatic rings. The van der Waals surface area contributed by atoms with E-state index < -0.39 is 0 Å². The maximum absolute atomic E-state index is 12.0. The van der Waals surface area contributed by atoms with Crippen molar-refractivity contribution in [3.63, 3.8) is 0 Å². The summed E-state index contributed by atoms with van der Waals surface area (Å²) in [5, 5.41) is 3.17. The lowest BCUT2D eigenvalue weighted by Crippen LogP contribution is -2.53. The molecule has 1 amide bonds. The molecule has 0 spiro atoms. The smallest absolute Gasteiger partial charge is 0.220 e. The van der Waals surface area contributed by atoms with Crippen molar-refractivity contribution in [3.8, 4) is 0 Å². The van der Waals surface area contributed by atoms with Crippen LogP contribution in [0.2, 0.25) is 0 Å². The lowest BCUT2D eigenvalue weighted by molar-refractivity contribution is -0.122. The molecule has 1 saturated carbocycles. The lowest BCUT2D eigenvalue weighted by atomic mass is 9.98. The van der Waals surface area contributed by atoms with Crippen molar-refractivity contribution in [1.82, 2.24) is 10.2 Å². The monoisotopic (exact) mass is 266 g/mol. The van der Waals surface area contributed by atoms with Crippen LogP contribution < -0.4 is 5.32 Å². The summed E-state index contributed by atoms with van der Waals surface area (Å²) in [6.07, 6.45) is 9.86. The number of likely N-dealkylation sites (tertiary alicyclic amines) is 1. The highest BCUT2D eigenvalue weighted by Gasteiger charge is 2.28. The van der Waals surface area contributed by atoms with E-state index >= 15 is 0 Å². The number of piperidine rings is 1. The highest BCUT2D eigenvalue weighted by molar-refractivity contribution is 5.76. The van der Waals surface area contributed by atoms with Crippen LogP contribution in [0.15, 0.2) is 0 Å². The van der Waals surface area contributed by atoms with Crippen molar-refractivity contribution in [1.29, 1.82) is 0 Å². The van der Waals surface area contributed by atoms with Crippen LogP contribution in [0.4, 0.5) is 0 Å². The predicted molar refractivity (Wildman–Crippen MR) is 79.1 cm³/mol. The van der Waals surface area contributed by atoms with Gasteiger partial charge in [0.2, 0.25) is 5.91 Å². The van der Waals surface area contributed by atoms with E-state index in [4.69, 9.17) is 0 Å². The maximum atomic E-state index is 12.0. The molecule has 1 heterocycles. The molecule has 1 aliphatic carbocycles. The Bertz CT molecular complexity index is 289. The van der Waals surface area contributed by atoms with Crippen molar-refractivity contribution < 1.29 is 4.79 Å². The fraction of sp³-hybridized carbons (Fsp3) is 0.938. The van der Waals surface area contributed by atoms with Crippen LogP contribution in [0.3, 0.4) is 0 Å². The normalized spacial score (nSPS) is 22.6. The van der Waals surface area contributed by atoms with Crippen LogP contribution in [0.25, 0.3) is 0 Å². The molecule has 0 aromatic carbocycles. The van der Waals surface area contributed by atoms with Gasteiger partial charge >= 0.3 is 0 Å². The third-order valence-corrected chi connectivity index (χ3v) is 4.88. The zero-order chi connectivity index (χ0) is 13.7.